The third-order valence-corrected chi connectivity index (χ3v) is 3.85. The maximum Gasteiger partial charge on any atom is 0.327 e. The van der Waals surface area contributed by atoms with Crippen molar-refractivity contribution in [2.45, 2.75) is 18.6 Å². The number of likely N-dealkylation sites (tertiary alicyclic amines) is 1. The Balaban J connectivity index is 2.33. The number of carboxylic acids is 1. The maximum absolute atomic E-state index is 11.7. The second-order valence-electron chi connectivity index (χ2n) is 4.72. The molecule has 0 saturated carbocycles. The molecule has 1 saturated heterocycles. The number of amides is 2. The minimum Gasteiger partial charge on any atom is -0.480 e. The van der Waals surface area contributed by atoms with E-state index >= 15 is 0 Å². The summed E-state index contributed by atoms with van der Waals surface area (Å²) in [5, 5.41) is 21.7. The van der Waals surface area contributed by atoms with Crippen LogP contribution in [0.1, 0.15) is 6.92 Å². The van der Waals surface area contributed by atoms with Gasteiger partial charge < -0.3 is 15.3 Å². The number of carbonyl (C=O) groups is 3. The summed E-state index contributed by atoms with van der Waals surface area (Å²) in [5.74, 6) is -2.02. The Morgan fingerprint density at radius 3 is 2.52 bits per heavy atom. The quantitative estimate of drug-likeness (QED) is 0.278. The van der Waals surface area contributed by atoms with E-state index in [1.54, 1.807) is 0 Å². The summed E-state index contributed by atoms with van der Waals surface area (Å²) in [4.78, 5) is 44.6. The van der Waals surface area contributed by atoms with Crippen LogP contribution in [0, 0.1) is 10.1 Å². The summed E-state index contributed by atoms with van der Waals surface area (Å²) in [6, 6.07) is -1.08. The van der Waals surface area contributed by atoms with E-state index in [2.05, 4.69) is 5.32 Å². The van der Waals surface area contributed by atoms with Crippen LogP contribution < -0.4 is 11.1 Å². The highest BCUT2D eigenvalue weighted by Crippen LogP contribution is 2.20. The van der Waals surface area contributed by atoms with Crippen LogP contribution in [0.25, 0.3) is 0 Å². The van der Waals surface area contributed by atoms with Crippen LogP contribution >= 0.6 is 11.8 Å². The average molecular weight is 320 g/mol. The number of thioether (sulfide) groups is 1. The number of hydrogen-bond donors (Lipinski definition) is 3. The fourth-order valence-corrected chi connectivity index (χ4v) is 2.62. The monoisotopic (exact) mass is 320 g/mol. The van der Waals surface area contributed by atoms with Gasteiger partial charge in [0.15, 0.2) is 0 Å². The van der Waals surface area contributed by atoms with Gasteiger partial charge in [-0.15, -0.1) is 11.8 Å². The number of nitrogens with two attached hydrogens (primary N) is 1. The molecule has 0 aromatic heterocycles. The van der Waals surface area contributed by atoms with Crippen LogP contribution in [0.4, 0.5) is 0 Å². The van der Waals surface area contributed by atoms with Crippen molar-refractivity contribution in [3.63, 3.8) is 0 Å². The Kier molecular flexibility index (Phi) is 5.49. The molecule has 0 unspecified atom stereocenters. The number of carboxylic acid groups (broad SMARTS) is 1. The number of nitrogens with zero attached hydrogens (tertiary/aromatic N) is 2. The number of nitrogens with one attached hydrogen (secondary N) is 1. The minimum absolute atomic E-state index is 0.0253. The molecule has 118 valence electrons. The van der Waals surface area contributed by atoms with Gasteiger partial charge in [0, 0.05) is 17.6 Å². The van der Waals surface area contributed by atoms with Gasteiger partial charge >= 0.3 is 11.6 Å². The summed E-state index contributed by atoms with van der Waals surface area (Å²) < 4.78 is 0. The first-order valence-corrected chi connectivity index (χ1v) is 7.10. The first kappa shape index (κ1) is 17.2. The van der Waals surface area contributed by atoms with Gasteiger partial charge in [-0.05, 0) is 0 Å². The van der Waals surface area contributed by atoms with E-state index in [0.717, 1.165) is 11.8 Å². The number of hydrogen-bond acceptors (Lipinski definition) is 7. The van der Waals surface area contributed by atoms with Gasteiger partial charge in [-0.1, -0.05) is 0 Å². The number of rotatable bonds is 7. The van der Waals surface area contributed by atoms with E-state index < -0.39 is 28.5 Å². The number of carbonyl (C=O) groups excluding carboxylic acids is 2. The molecule has 0 radical (unpaired) electrons. The summed E-state index contributed by atoms with van der Waals surface area (Å²) in [6.45, 7) is 0.880. The Hall–Kier alpha value is -1.88. The molecule has 1 aliphatic heterocycles. The summed E-state index contributed by atoms with van der Waals surface area (Å²) in [7, 11) is 0. The van der Waals surface area contributed by atoms with E-state index in [4.69, 9.17) is 10.8 Å². The van der Waals surface area contributed by atoms with E-state index in [-0.39, 0.29) is 30.5 Å². The first-order chi connectivity index (χ1) is 9.65. The Bertz CT molecular complexity index is 464. The standard InChI is InChI=1S/C10H16N4O6S/c1-6(15)12-7(9(17)18)2-21-3-8(16)13-4-10(11,5-13)14(19)20/h7H,2-5,11H2,1H3,(H,12,15)(H,17,18)/t7-/m0/s1. The van der Waals surface area contributed by atoms with Crippen LogP contribution in [-0.2, 0) is 14.4 Å². The van der Waals surface area contributed by atoms with Crippen LogP contribution in [-0.4, -0.2) is 69.0 Å². The molecule has 10 nitrogen and oxygen atoms in total. The third-order valence-electron chi connectivity index (χ3n) is 2.83. The van der Waals surface area contributed by atoms with E-state index in [0.29, 0.717) is 0 Å². The molecule has 21 heavy (non-hydrogen) atoms. The molecule has 1 fully saturated rings. The molecule has 0 aromatic carbocycles. The van der Waals surface area contributed by atoms with Crippen LogP contribution in [0.15, 0.2) is 0 Å². The Morgan fingerprint density at radius 2 is 2.10 bits per heavy atom. The second-order valence-corrected chi connectivity index (χ2v) is 5.75. The Morgan fingerprint density at radius 1 is 1.52 bits per heavy atom. The zero-order chi connectivity index (χ0) is 16.2. The predicted octanol–water partition coefficient (Wildman–Crippen LogP) is -1.92. The largest absolute Gasteiger partial charge is 0.480 e. The van der Waals surface area contributed by atoms with Crippen LogP contribution in [0.2, 0.25) is 0 Å². The third kappa shape index (κ3) is 4.56. The second kappa shape index (κ2) is 6.72. The first-order valence-electron chi connectivity index (χ1n) is 5.94. The average Bonchev–Trinajstić information content (AvgIpc) is 2.32. The van der Waals surface area contributed by atoms with Crippen molar-refractivity contribution >= 4 is 29.5 Å². The van der Waals surface area contributed by atoms with Gasteiger partial charge in [0.25, 0.3) is 0 Å². The fraction of sp³-hybridized carbons (Fsp3) is 0.700. The molecular weight excluding hydrogens is 304 g/mol. The zero-order valence-electron chi connectivity index (χ0n) is 11.3. The van der Waals surface area contributed by atoms with Crippen molar-refractivity contribution in [1.82, 2.24) is 10.2 Å². The smallest absolute Gasteiger partial charge is 0.327 e. The lowest BCUT2D eigenvalue weighted by Gasteiger charge is -2.40. The number of nitro groups is 1. The van der Waals surface area contributed by atoms with Crippen molar-refractivity contribution in [3.05, 3.63) is 10.1 Å². The predicted molar refractivity (Wildman–Crippen MR) is 73.1 cm³/mol. The van der Waals surface area contributed by atoms with Crippen LogP contribution in [0.5, 0.6) is 0 Å². The van der Waals surface area contributed by atoms with E-state index in [1.807, 2.05) is 0 Å². The van der Waals surface area contributed by atoms with Crippen molar-refractivity contribution in [1.29, 1.82) is 0 Å². The molecule has 2 amide bonds. The highest BCUT2D eigenvalue weighted by atomic mass is 32.2. The van der Waals surface area contributed by atoms with Crippen molar-refractivity contribution < 1.29 is 24.4 Å². The zero-order valence-corrected chi connectivity index (χ0v) is 12.1. The Labute approximate surface area is 124 Å². The molecule has 1 rings (SSSR count). The minimum atomic E-state index is -1.58. The van der Waals surface area contributed by atoms with Crippen LogP contribution in [0.3, 0.4) is 0 Å². The molecule has 0 aliphatic carbocycles. The van der Waals surface area contributed by atoms with Gasteiger partial charge in [-0.25, -0.2) is 4.79 Å². The highest BCUT2D eigenvalue weighted by molar-refractivity contribution is 8.00. The van der Waals surface area contributed by atoms with Gasteiger partial charge in [0.05, 0.1) is 5.75 Å². The lowest BCUT2D eigenvalue weighted by molar-refractivity contribution is -0.585. The van der Waals surface area contributed by atoms with Crippen molar-refractivity contribution in [3.8, 4) is 0 Å². The van der Waals surface area contributed by atoms with Crippen molar-refractivity contribution in [2.24, 2.45) is 5.73 Å². The molecular formula is C10H16N4O6S. The molecule has 1 atom stereocenters. The normalized spacial score (nSPS) is 17.5. The molecule has 0 aromatic rings. The lowest BCUT2D eigenvalue weighted by Crippen LogP contribution is -2.72. The molecule has 1 heterocycles. The summed E-state index contributed by atoms with van der Waals surface area (Å²) in [6.07, 6.45) is 0. The van der Waals surface area contributed by atoms with Gasteiger partial charge in [0.2, 0.25) is 11.8 Å². The molecule has 4 N–H and O–H groups in total. The summed E-state index contributed by atoms with van der Waals surface area (Å²) in [5.41, 5.74) is 3.84. The maximum atomic E-state index is 11.7. The molecule has 0 spiro atoms. The van der Waals surface area contributed by atoms with Gasteiger partial charge in [-0.2, -0.15) is 0 Å². The molecule has 0 bridgehead atoms. The topological polar surface area (TPSA) is 156 Å². The highest BCUT2D eigenvalue weighted by Gasteiger charge is 2.52. The fourth-order valence-electron chi connectivity index (χ4n) is 1.68. The number of aliphatic carboxylic acids is 1. The molecule has 11 heteroatoms. The van der Waals surface area contributed by atoms with Crippen molar-refractivity contribution in [2.75, 3.05) is 24.6 Å². The molecule has 1 aliphatic rings. The van der Waals surface area contributed by atoms with Gasteiger partial charge in [0.1, 0.15) is 19.1 Å². The van der Waals surface area contributed by atoms with E-state index in [1.165, 1.54) is 11.8 Å². The van der Waals surface area contributed by atoms with E-state index in [9.17, 15) is 24.5 Å². The SMILES string of the molecule is CC(=O)N[C@@H](CSCC(=O)N1CC(N)([N+](=O)[O-])C1)C(=O)O. The summed E-state index contributed by atoms with van der Waals surface area (Å²) >= 11 is 1.03. The van der Waals surface area contributed by atoms with Gasteiger partial charge in [-0.3, -0.25) is 25.4 Å². The lowest BCUT2D eigenvalue weighted by atomic mass is 10.0.